The van der Waals surface area contributed by atoms with Crippen molar-refractivity contribution in [2.24, 2.45) is 17.6 Å². The van der Waals surface area contributed by atoms with Gasteiger partial charge < -0.3 is 29.3 Å². The number of aliphatic hydroxyl groups excluding tert-OH is 1. The number of ketones is 2. The summed E-state index contributed by atoms with van der Waals surface area (Å²) in [5.74, 6) is -2.15. The summed E-state index contributed by atoms with van der Waals surface area (Å²) >= 11 is 7.40. The van der Waals surface area contributed by atoms with Gasteiger partial charge in [0.1, 0.15) is 30.3 Å². The van der Waals surface area contributed by atoms with Gasteiger partial charge in [0.05, 0.1) is 11.6 Å². The number of hydrogen-bond donors (Lipinski definition) is 2. The third-order valence-corrected chi connectivity index (χ3v) is 18.0. The van der Waals surface area contributed by atoms with Crippen LogP contribution >= 0.6 is 11.6 Å². The molecule has 300 valence electrons. The molecule has 3 N–H and O–H groups in total. The highest BCUT2D eigenvalue weighted by Crippen LogP contribution is 2.59. The Morgan fingerprint density at radius 3 is 2.30 bits per heavy atom. The number of nitrogens with zero attached hydrogens (tertiary/aromatic N) is 2. The molecule has 1 fully saturated rings. The van der Waals surface area contributed by atoms with E-state index in [-0.39, 0.29) is 53.5 Å². The second-order valence-electron chi connectivity index (χ2n) is 17.5. The predicted molar refractivity (Wildman–Crippen MR) is 220 cm³/mol. The molecule has 1 aromatic heterocycles. The topological polar surface area (TPSA) is 137 Å². The zero-order valence-corrected chi connectivity index (χ0v) is 35.3. The lowest BCUT2D eigenvalue weighted by Gasteiger charge is -2.53. The third kappa shape index (κ3) is 6.55. The van der Waals surface area contributed by atoms with Crippen LogP contribution in [0.4, 0.5) is 0 Å². The number of aromatic nitrogens is 1. The first kappa shape index (κ1) is 39.6. The lowest BCUT2D eigenvalue weighted by molar-refractivity contribution is -0.0273. The van der Waals surface area contributed by atoms with Crippen LogP contribution in [0.3, 0.4) is 0 Å². The van der Waals surface area contributed by atoms with E-state index >= 15 is 9.59 Å². The van der Waals surface area contributed by atoms with E-state index in [0.29, 0.717) is 28.3 Å². The van der Waals surface area contributed by atoms with Gasteiger partial charge in [0.2, 0.25) is 5.78 Å². The van der Waals surface area contributed by atoms with E-state index in [1.165, 1.54) is 0 Å². The number of carbonyl (C=O) groups is 2. The molecule has 0 radical (unpaired) electrons. The van der Waals surface area contributed by atoms with Crippen molar-refractivity contribution in [1.29, 1.82) is 0 Å². The van der Waals surface area contributed by atoms with E-state index in [0.717, 1.165) is 42.6 Å². The molecule has 0 bridgehead atoms. The first-order chi connectivity index (χ1) is 27.2. The van der Waals surface area contributed by atoms with Gasteiger partial charge in [-0.2, -0.15) is 0 Å². The van der Waals surface area contributed by atoms with Crippen molar-refractivity contribution in [3.05, 3.63) is 122 Å². The molecule has 57 heavy (non-hydrogen) atoms. The number of carbonyl (C=O) groups excluding carboxylic acids is 2. The van der Waals surface area contributed by atoms with Gasteiger partial charge >= 0.3 is 0 Å². The molecule has 0 spiro atoms. The molecular formula is C45H52ClN3O7Si. The fourth-order valence-electron chi connectivity index (χ4n) is 9.14. The molecule has 4 aromatic rings. The van der Waals surface area contributed by atoms with Crippen molar-refractivity contribution in [1.82, 2.24) is 10.1 Å². The van der Waals surface area contributed by atoms with E-state index in [9.17, 15) is 5.11 Å². The molecular weight excluding hydrogens is 758 g/mol. The third-order valence-electron chi connectivity index (χ3n) is 13.1. The smallest absolute Gasteiger partial charge is 0.265 e. The molecule has 1 aliphatic heterocycles. The van der Waals surface area contributed by atoms with Gasteiger partial charge in [-0.05, 0) is 96.3 Å². The van der Waals surface area contributed by atoms with E-state index < -0.39 is 49.1 Å². The van der Waals surface area contributed by atoms with E-state index in [2.05, 4.69) is 37.8 Å². The molecule has 12 heteroatoms. The molecule has 5 atom stereocenters. The number of aliphatic hydroxyl groups is 1. The second kappa shape index (κ2) is 14.8. The van der Waals surface area contributed by atoms with Crippen LogP contribution in [0.2, 0.25) is 23.2 Å². The standard InChI is InChI=1S/C45H52ClN3O7Si/c1-7-49-20-14-19-32(49)29-23-33(53-24-26-15-10-8-11-16-26)35-30(37(29)46)21-28-22-31-38(47)40-36(43(48-55-40)54-25-27-17-12-9-13-18-27)42(52)45(31,41(51)34(28)39(35)50)56-57(5,6)44(2,3)4/h8-13,15-18,23,28,31-32,38,51H,7,14,19-22,24-25,47H2,1-6H3/t28-,31-,32?,38-,45?/m0/s1. The lowest BCUT2D eigenvalue weighted by atomic mass is 9.59. The van der Waals surface area contributed by atoms with Gasteiger partial charge in [0, 0.05) is 22.6 Å². The molecule has 2 heterocycles. The Morgan fingerprint density at radius 1 is 1.02 bits per heavy atom. The van der Waals surface area contributed by atoms with Crippen LogP contribution in [0.15, 0.2) is 82.6 Å². The highest BCUT2D eigenvalue weighted by molar-refractivity contribution is 6.74. The number of fused-ring (bicyclic) bond motifs is 4. The van der Waals surface area contributed by atoms with Gasteiger partial charge in [-0.15, -0.1) is 0 Å². The fraction of sp³-hybridized carbons (Fsp3) is 0.444. The number of halogens is 1. The maximum absolute atomic E-state index is 15.4. The van der Waals surface area contributed by atoms with Gasteiger partial charge in [-0.3, -0.25) is 14.5 Å². The Balaban J connectivity index is 1.28. The van der Waals surface area contributed by atoms with Crippen molar-refractivity contribution in [3.8, 4) is 11.6 Å². The van der Waals surface area contributed by atoms with Crippen molar-refractivity contribution >= 4 is 31.5 Å². The number of allylic oxidation sites excluding steroid dienone is 1. The highest BCUT2D eigenvalue weighted by atomic mass is 35.5. The van der Waals surface area contributed by atoms with Crippen LogP contribution in [-0.4, -0.2) is 53.7 Å². The van der Waals surface area contributed by atoms with Gasteiger partial charge in [0.15, 0.2) is 25.5 Å². The van der Waals surface area contributed by atoms with Crippen molar-refractivity contribution in [2.45, 2.75) is 102 Å². The summed E-state index contributed by atoms with van der Waals surface area (Å²) in [6.45, 7) is 14.6. The molecule has 3 aromatic carbocycles. The monoisotopic (exact) mass is 809 g/mol. The van der Waals surface area contributed by atoms with Gasteiger partial charge in [-0.25, -0.2) is 0 Å². The summed E-state index contributed by atoms with van der Waals surface area (Å²) in [6.07, 6.45) is 2.59. The number of hydrogen-bond acceptors (Lipinski definition) is 10. The Bertz CT molecular complexity index is 2230. The SMILES string of the molecule is CCN1CCCC1c1cc(OCc2ccccc2)c2c(c1Cl)C[C@H]1C[C@H]3[C@H](N)c4onc(OCc5ccccc5)c4C(=O)C3(O[Si](C)(C)C(C)(C)C)C(O)=C1C2=O. The number of rotatable bonds is 10. The van der Waals surface area contributed by atoms with Gasteiger partial charge in [-0.1, -0.05) is 100.0 Å². The van der Waals surface area contributed by atoms with E-state index in [4.69, 9.17) is 35.8 Å². The number of nitrogens with two attached hydrogens (primary N) is 1. The van der Waals surface area contributed by atoms with Gasteiger partial charge in [0.25, 0.3) is 5.88 Å². The average molecular weight is 810 g/mol. The summed E-state index contributed by atoms with van der Waals surface area (Å²) in [7, 11) is -2.89. The Kier molecular flexibility index (Phi) is 10.3. The maximum Gasteiger partial charge on any atom is 0.265 e. The van der Waals surface area contributed by atoms with Crippen molar-refractivity contribution in [2.75, 3.05) is 13.1 Å². The molecule has 0 saturated carbocycles. The fourth-order valence-corrected chi connectivity index (χ4v) is 10.9. The molecule has 4 aliphatic rings. The van der Waals surface area contributed by atoms with Crippen molar-refractivity contribution in [3.63, 3.8) is 0 Å². The number of ether oxygens (including phenoxy) is 2. The number of likely N-dealkylation sites (tertiary alicyclic amines) is 1. The number of Topliss-reactive ketones (excluding diaryl/α,β-unsaturated/α-hetero) is 2. The largest absolute Gasteiger partial charge is 0.508 e. The van der Waals surface area contributed by atoms with Crippen LogP contribution in [0.25, 0.3) is 0 Å². The zero-order chi connectivity index (χ0) is 40.4. The lowest BCUT2D eigenvalue weighted by Crippen LogP contribution is -2.64. The Hall–Kier alpha value is -4.26. The molecule has 2 unspecified atom stereocenters. The number of benzene rings is 3. The molecule has 10 nitrogen and oxygen atoms in total. The van der Waals surface area contributed by atoms with E-state index in [1.54, 1.807) is 0 Å². The summed E-state index contributed by atoms with van der Waals surface area (Å²) in [5.41, 5.74) is 9.04. The molecule has 1 saturated heterocycles. The quantitative estimate of drug-likeness (QED) is 0.149. The van der Waals surface area contributed by atoms with Crippen LogP contribution in [0, 0.1) is 11.8 Å². The highest BCUT2D eigenvalue weighted by Gasteiger charge is 2.66. The Labute approximate surface area is 340 Å². The van der Waals surface area contributed by atoms with Crippen molar-refractivity contribution < 1.29 is 33.1 Å². The first-order valence-corrected chi connectivity index (χ1v) is 23.4. The van der Waals surface area contributed by atoms with Crippen LogP contribution in [-0.2, 0) is 24.1 Å². The van der Waals surface area contributed by atoms with Crippen LogP contribution < -0.4 is 15.2 Å². The molecule has 8 rings (SSSR count). The van der Waals surface area contributed by atoms with E-state index in [1.807, 2.05) is 79.8 Å². The minimum Gasteiger partial charge on any atom is -0.508 e. The zero-order valence-electron chi connectivity index (χ0n) is 33.6. The maximum atomic E-state index is 15.4. The summed E-state index contributed by atoms with van der Waals surface area (Å²) in [4.78, 5) is 33.1. The first-order valence-electron chi connectivity index (χ1n) is 20.1. The average Bonchev–Trinajstić information content (AvgIpc) is 3.85. The second-order valence-corrected chi connectivity index (χ2v) is 22.6. The predicted octanol–water partition coefficient (Wildman–Crippen LogP) is 9.49. The molecule has 0 amide bonds. The summed E-state index contributed by atoms with van der Waals surface area (Å²) in [6, 6.07) is 20.4. The summed E-state index contributed by atoms with van der Waals surface area (Å²) in [5, 5.41) is 17.3. The minimum absolute atomic E-state index is 0.0271. The summed E-state index contributed by atoms with van der Waals surface area (Å²) < 4.78 is 25.7. The van der Waals surface area contributed by atoms with Crippen LogP contribution in [0.1, 0.15) is 108 Å². The Morgan fingerprint density at radius 2 is 1.67 bits per heavy atom. The normalized spacial score (nSPS) is 24.8. The van der Waals surface area contributed by atoms with Crippen LogP contribution in [0.5, 0.6) is 11.6 Å². The molecule has 3 aliphatic carbocycles. The minimum atomic E-state index is -2.89.